The molecule has 0 heterocycles. The number of nitrogens with zero attached hydrogens (tertiary/aromatic N) is 2. The number of hydrogen-bond acceptors (Lipinski definition) is 6. The van der Waals surface area contributed by atoms with E-state index in [0.29, 0.717) is 29.4 Å². The zero-order valence-electron chi connectivity index (χ0n) is 18.2. The standard InChI is InChI=1S/C24H23N3O5S/c1-3-31-19-10-12-20(13-11-19)32-23-7-5-4-6-22(23)26-24(28)17-27(2)33(29,30)21-14-8-18(16-25)9-15-21/h4-15H,3,17H2,1-2H3,(H,26,28). The number of benzene rings is 3. The minimum absolute atomic E-state index is 0.00367. The lowest BCUT2D eigenvalue weighted by atomic mass is 10.2. The molecule has 0 atom stereocenters. The highest BCUT2D eigenvalue weighted by molar-refractivity contribution is 7.89. The third kappa shape index (κ3) is 6.10. The van der Waals surface area contributed by atoms with E-state index >= 15 is 0 Å². The van der Waals surface area contributed by atoms with Crippen molar-refractivity contribution in [3.8, 4) is 23.3 Å². The van der Waals surface area contributed by atoms with Crippen LogP contribution in [-0.2, 0) is 14.8 Å². The Kier molecular flexibility index (Phi) is 7.66. The molecule has 0 fully saturated rings. The average molecular weight is 466 g/mol. The summed E-state index contributed by atoms with van der Waals surface area (Å²) in [6.45, 7) is 2.06. The van der Waals surface area contributed by atoms with E-state index in [9.17, 15) is 13.2 Å². The van der Waals surface area contributed by atoms with Crippen molar-refractivity contribution in [1.82, 2.24) is 4.31 Å². The van der Waals surface area contributed by atoms with Crippen LogP contribution < -0.4 is 14.8 Å². The molecule has 1 amide bonds. The third-order valence-electron chi connectivity index (χ3n) is 4.58. The summed E-state index contributed by atoms with van der Waals surface area (Å²) in [6, 6.07) is 21.4. The molecule has 0 saturated heterocycles. The van der Waals surface area contributed by atoms with Crippen LogP contribution in [0.1, 0.15) is 12.5 Å². The highest BCUT2D eigenvalue weighted by Crippen LogP contribution is 2.30. The maximum atomic E-state index is 12.7. The van der Waals surface area contributed by atoms with E-state index in [1.54, 1.807) is 48.5 Å². The second-order valence-corrected chi connectivity index (χ2v) is 8.99. The number of likely N-dealkylation sites (N-methyl/N-ethyl adjacent to an activating group) is 1. The molecule has 9 heteroatoms. The summed E-state index contributed by atoms with van der Waals surface area (Å²) in [6.07, 6.45) is 0. The van der Waals surface area contributed by atoms with Crippen LogP contribution in [0.2, 0.25) is 0 Å². The van der Waals surface area contributed by atoms with E-state index in [0.717, 1.165) is 10.1 Å². The van der Waals surface area contributed by atoms with Crippen LogP contribution in [0.5, 0.6) is 17.2 Å². The van der Waals surface area contributed by atoms with Gasteiger partial charge in [-0.3, -0.25) is 4.79 Å². The molecule has 0 aliphatic heterocycles. The van der Waals surface area contributed by atoms with Gasteiger partial charge in [0.2, 0.25) is 15.9 Å². The van der Waals surface area contributed by atoms with Crippen molar-refractivity contribution in [2.75, 3.05) is 25.5 Å². The summed E-state index contributed by atoms with van der Waals surface area (Å²) in [4.78, 5) is 12.6. The largest absolute Gasteiger partial charge is 0.494 e. The molecule has 3 aromatic carbocycles. The molecule has 0 aliphatic rings. The molecule has 8 nitrogen and oxygen atoms in total. The van der Waals surface area contributed by atoms with Gasteiger partial charge in [0.05, 0.1) is 35.4 Å². The van der Waals surface area contributed by atoms with E-state index in [2.05, 4.69) is 5.32 Å². The molecule has 33 heavy (non-hydrogen) atoms. The highest BCUT2D eigenvalue weighted by atomic mass is 32.2. The highest BCUT2D eigenvalue weighted by Gasteiger charge is 2.23. The zero-order chi connectivity index (χ0) is 23.8. The molecule has 0 bridgehead atoms. The number of nitrogens with one attached hydrogen (secondary N) is 1. The van der Waals surface area contributed by atoms with Gasteiger partial charge in [-0.2, -0.15) is 9.57 Å². The van der Waals surface area contributed by atoms with Gasteiger partial charge in [0, 0.05) is 7.05 Å². The van der Waals surface area contributed by atoms with Crippen LogP contribution in [0.4, 0.5) is 5.69 Å². The maximum Gasteiger partial charge on any atom is 0.243 e. The minimum Gasteiger partial charge on any atom is -0.494 e. The number of anilines is 1. The quantitative estimate of drug-likeness (QED) is 0.511. The van der Waals surface area contributed by atoms with Gasteiger partial charge in [-0.05, 0) is 67.6 Å². The van der Waals surface area contributed by atoms with Crippen molar-refractivity contribution in [3.63, 3.8) is 0 Å². The Hall–Kier alpha value is -3.87. The van der Waals surface area contributed by atoms with Crippen molar-refractivity contribution in [2.24, 2.45) is 0 Å². The van der Waals surface area contributed by atoms with Gasteiger partial charge >= 0.3 is 0 Å². The van der Waals surface area contributed by atoms with E-state index in [1.807, 2.05) is 13.0 Å². The topological polar surface area (TPSA) is 109 Å². The number of sulfonamides is 1. The number of amides is 1. The molecule has 0 radical (unpaired) electrons. The fourth-order valence-electron chi connectivity index (χ4n) is 2.91. The molecule has 0 saturated carbocycles. The summed E-state index contributed by atoms with van der Waals surface area (Å²) in [5.74, 6) is 1.16. The van der Waals surface area contributed by atoms with Crippen LogP contribution >= 0.6 is 0 Å². The minimum atomic E-state index is -3.90. The molecular formula is C24H23N3O5S. The molecule has 0 unspecified atom stereocenters. The predicted octanol–water partition coefficient (Wildman–Crippen LogP) is 4.01. The van der Waals surface area contributed by atoms with E-state index in [4.69, 9.17) is 14.7 Å². The summed E-state index contributed by atoms with van der Waals surface area (Å²) in [5, 5.41) is 11.6. The molecule has 0 spiro atoms. The van der Waals surface area contributed by atoms with Crippen LogP contribution in [0.15, 0.2) is 77.7 Å². The SMILES string of the molecule is CCOc1ccc(Oc2ccccc2NC(=O)CN(C)S(=O)(=O)c2ccc(C#N)cc2)cc1. The van der Waals surface area contributed by atoms with Gasteiger partial charge in [-0.25, -0.2) is 8.42 Å². The lowest BCUT2D eigenvalue weighted by Crippen LogP contribution is -2.35. The smallest absolute Gasteiger partial charge is 0.243 e. The summed E-state index contributed by atoms with van der Waals surface area (Å²) in [5.41, 5.74) is 0.749. The Bertz CT molecular complexity index is 1250. The number of hydrogen-bond donors (Lipinski definition) is 1. The number of carbonyl (C=O) groups is 1. The van der Waals surface area contributed by atoms with Crippen LogP contribution in [0, 0.1) is 11.3 Å². The first-order valence-electron chi connectivity index (χ1n) is 10.1. The van der Waals surface area contributed by atoms with Crippen LogP contribution in [-0.4, -0.2) is 38.8 Å². The summed E-state index contributed by atoms with van der Waals surface area (Å²) < 4.78 is 37.7. The summed E-state index contributed by atoms with van der Waals surface area (Å²) >= 11 is 0. The molecule has 3 aromatic rings. The second kappa shape index (κ2) is 10.6. The first kappa shape index (κ1) is 23.8. The zero-order valence-corrected chi connectivity index (χ0v) is 19.0. The molecule has 1 N–H and O–H groups in total. The Morgan fingerprint density at radius 3 is 2.27 bits per heavy atom. The van der Waals surface area contributed by atoms with Crippen molar-refractivity contribution in [1.29, 1.82) is 5.26 Å². The van der Waals surface area contributed by atoms with E-state index < -0.39 is 22.5 Å². The number of rotatable bonds is 9. The third-order valence-corrected chi connectivity index (χ3v) is 6.40. The Labute approximate surface area is 193 Å². The average Bonchev–Trinajstić information content (AvgIpc) is 2.81. The van der Waals surface area contributed by atoms with Crippen molar-refractivity contribution in [2.45, 2.75) is 11.8 Å². The molecular weight excluding hydrogens is 442 g/mol. The Morgan fingerprint density at radius 2 is 1.64 bits per heavy atom. The fourth-order valence-corrected chi connectivity index (χ4v) is 4.04. The van der Waals surface area contributed by atoms with Gasteiger partial charge in [0.15, 0.2) is 5.75 Å². The number of carbonyl (C=O) groups excluding carboxylic acids is 1. The van der Waals surface area contributed by atoms with Gasteiger partial charge in [0.1, 0.15) is 11.5 Å². The lowest BCUT2D eigenvalue weighted by Gasteiger charge is -2.18. The predicted molar refractivity (Wildman–Crippen MR) is 124 cm³/mol. The van der Waals surface area contributed by atoms with Gasteiger partial charge < -0.3 is 14.8 Å². The number of ether oxygens (including phenoxy) is 2. The molecule has 3 rings (SSSR count). The van der Waals surface area contributed by atoms with Crippen molar-refractivity contribution in [3.05, 3.63) is 78.4 Å². The second-order valence-electron chi connectivity index (χ2n) is 6.95. The first-order valence-corrected chi connectivity index (χ1v) is 11.5. The lowest BCUT2D eigenvalue weighted by molar-refractivity contribution is -0.116. The van der Waals surface area contributed by atoms with Crippen LogP contribution in [0.3, 0.4) is 0 Å². The summed E-state index contributed by atoms with van der Waals surface area (Å²) in [7, 11) is -2.58. The fraction of sp³-hybridized carbons (Fsp3) is 0.167. The number of para-hydroxylation sites is 2. The van der Waals surface area contributed by atoms with Crippen molar-refractivity contribution >= 4 is 21.6 Å². The Balaban J connectivity index is 1.68. The molecule has 0 aromatic heterocycles. The molecule has 170 valence electrons. The van der Waals surface area contributed by atoms with Gasteiger partial charge in [0.25, 0.3) is 0 Å². The normalized spacial score (nSPS) is 11.0. The van der Waals surface area contributed by atoms with Gasteiger partial charge in [-0.1, -0.05) is 12.1 Å². The molecule has 0 aliphatic carbocycles. The maximum absolute atomic E-state index is 12.7. The monoisotopic (exact) mass is 465 g/mol. The van der Waals surface area contributed by atoms with E-state index in [-0.39, 0.29) is 4.90 Å². The first-order chi connectivity index (χ1) is 15.8. The van der Waals surface area contributed by atoms with Gasteiger partial charge in [-0.15, -0.1) is 0 Å². The van der Waals surface area contributed by atoms with Crippen molar-refractivity contribution < 1.29 is 22.7 Å². The van der Waals surface area contributed by atoms with E-state index in [1.165, 1.54) is 31.3 Å². The van der Waals surface area contributed by atoms with Crippen LogP contribution in [0.25, 0.3) is 0 Å². The number of nitriles is 1. The Morgan fingerprint density at radius 1 is 1.00 bits per heavy atom.